The Balaban J connectivity index is 1.40. The van der Waals surface area contributed by atoms with E-state index in [1.165, 1.54) is 0 Å². The number of hydrogen-bond acceptors (Lipinski definition) is 7. The molecule has 4 heterocycles. The minimum Gasteiger partial charge on any atom is -0.332 e. The van der Waals surface area contributed by atoms with Crippen LogP contribution in [0.1, 0.15) is 50.1 Å². The van der Waals surface area contributed by atoms with Crippen LogP contribution in [0.25, 0.3) is 21.6 Å². The van der Waals surface area contributed by atoms with Gasteiger partial charge in [-0.25, -0.2) is 15.0 Å². The van der Waals surface area contributed by atoms with Crippen LogP contribution in [-0.4, -0.2) is 57.5 Å². The van der Waals surface area contributed by atoms with E-state index in [0.29, 0.717) is 12.1 Å². The van der Waals surface area contributed by atoms with Crippen LogP contribution in [0.3, 0.4) is 0 Å². The number of benzene rings is 1. The number of nitrogens with zero attached hydrogens (tertiary/aromatic N) is 4. The maximum Gasteiger partial charge on any atom is 0.240 e. The van der Waals surface area contributed by atoms with Crippen LogP contribution >= 0.6 is 11.3 Å². The van der Waals surface area contributed by atoms with Gasteiger partial charge in [0.15, 0.2) is 0 Å². The standard InChI is InChI=1S/C24H30N6OS/c1-15(25-2)17-10-6-11-18(28-17)24(31)30-13-7-12-19(30)22-29-21-20(16-8-4-3-5-9-16)26-14-27-23(21)32-22/h3-5,8-9,14-15,17-19,25,28H,6-7,10-13H2,1-2H3. The summed E-state index contributed by atoms with van der Waals surface area (Å²) in [5.74, 6) is 0.217. The van der Waals surface area contributed by atoms with Gasteiger partial charge in [0, 0.05) is 24.2 Å². The number of fused-ring (bicyclic) bond motifs is 1. The molecule has 0 saturated carbocycles. The van der Waals surface area contributed by atoms with Crippen molar-refractivity contribution >= 4 is 27.6 Å². The van der Waals surface area contributed by atoms with E-state index >= 15 is 0 Å². The minimum absolute atomic E-state index is 0.0224. The van der Waals surface area contributed by atoms with E-state index in [9.17, 15) is 4.79 Å². The van der Waals surface area contributed by atoms with Crippen molar-refractivity contribution in [1.82, 2.24) is 30.5 Å². The quantitative estimate of drug-likeness (QED) is 0.619. The number of aromatic nitrogens is 3. The zero-order chi connectivity index (χ0) is 22.1. The van der Waals surface area contributed by atoms with Crippen molar-refractivity contribution < 1.29 is 4.79 Å². The van der Waals surface area contributed by atoms with Gasteiger partial charge in [-0.2, -0.15) is 0 Å². The van der Waals surface area contributed by atoms with E-state index in [1.807, 2.05) is 37.4 Å². The van der Waals surface area contributed by atoms with Gasteiger partial charge < -0.3 is 15.5 Å². The number of nitrogens with one attached hydrogen (secondary N) is 2. The Morgan fingerprint density at radius 3 is 2.84 bits per heavy atom. The number of likely N-dealkylation sites (tertiary alicyclic amines) is 1. The van der Waals surface area contributed by atoms with Crippen molar-refractivity contribution in [3.63, 3.8) is 0 Å². The highest BCUT2D eigenvalue weighted by Crippen LogP contribution is 2.38. The van der Waals surface area contributed by atoms with E-state index in [2.05, 4.69) is 32.4 Å². The Labute approximate surface area is 192 Å². The van der Waals surface area contributed by atoms with Crippen LogP contribution in [-0.2, 0) is 4.79 Å². The van der Waals surface area contributed by atoms with Crippen molar-refractivity contribution in [2.45, 2.75) is 63.2 Å². The van der Waals surface area contributed by atoms with Crippen LogP contribution in [0.5, 0.6) is 0 Å². The molecule has 4 atom stereocenters. The minimum atomic E-state index is -0.112. The number of amides is 1. The molecule has 1 amide bonds. The fraction of sp³-hybridized carbons (Fsp3) is 0.500. The molecule has 0 bridgehead atoms. The van der Waals surface area contributed by atoms with Gasteiger partial charge in [0.05, 0.1) is 12.1 Å². The molecule has 7 nitrogen and oxygen atoms in total. The summed E-state index contributed by atoms with van der Waals surface area (Å²) >= 11 is 1.59. The third-order valence-electron chi connectivity index (χ3n) is 6.86. The summed E-state index contributed by atoms with van der Waals surface area (Å²) in [5.41, 5.74) is 2.72. The topological polar surface area (TPSA) is 83.0 Å². The van der Waals surface area contributed by atoms with Crippen LogP contribution < -0.4 is 10.6 Å². The van der Waals surface area contributed by atoms with E-state index in [-0.39, 0.29) is 18.0 Å². The van der Waals surface area contributed by atoms with Gasteiger partial charge in [0.25, 0.3) is 0 Å². The van der Waals surface area contributed by atoms with E-state index in [1.54, 1.807) is 17.7 Å². The average Bonchev–Trinajstić information content (AvgIpc) is 3.50. The lowest BCUT2D eigenvalue weighted by Crippen LogP contribution is -2.56. The zero-order valence-corrected chi connectivity index (χ0v) is 19.4. The van der Waals surface area contributed by atoms with Crippen LogP contribution in [0.2, 0.25) is 0 Å². The monoisotopic (exact) mass is 450 g/mol. The second kappa shape index (κ2) is 9.21. The molecule has 4 unspecified atom stereocenters. The molecule has 0 radical (unpaired) electrons. The van der Waals surface area contributed by atoms with Gasteiger partial charge in [-0.3, -0.25) is 4.79 Å². The molecule has 0 spiro atoms. The molecular weight excluding hydrogens is 420 g/mol. The van der Waals surface area contributed by atoms with Gasteiger partial charge >= 0.3 is 0 Å². The Morgan fingerprint density at radius 1 is 1.19 bits per heavy atom. The van der Waals surface area contributed by atoms with Crippen molar-refractivity contribution in [2.75, 3.05) is 13.6 Å². The van der Waals surface area contributed by atoms with E-state index in [4.69, 9.17) is 4.98 Å². The highest BCUT2D eigenvalue weighted by Gasteiger charge is 2.38. The lowest BCUT2D eigenvalue weighted by atomic mass is 9.93. The Morgan fingerprint density at radius 2 is 2.03 bits per heavy atom. The summed E-state index contributed by atoms with van der Waals surface area (Å²) < 4.78 is 0. The van der Waals surface area contributed by atoms with Crippen molar-refractivity contribution in [1.29, 1.82) is 0 Å². The zero-order valence-electron chi connectivity index (χ0n) is 18.6. The Kier molecular flexibility index (Phi) is 6.17. The molecule has 0 aliphatic carbocycles. The molecule has 3 aromatic rings. The molecule has 5 rings (SSSR count). The number of rotatable bonds is 5. The van der Waals surface area contributed by atoms with Crippen molar-refractivity contribution in [2.24, 2.45) is 0 Å². The lowest BCUT2D eigenvalue weighted by Gasteiger charge is -2.36. The first-order valence-corrected chi connectivity index (χ1v) is 12.4. The molecule has 2 fully saturated rings. The molecule has 2 aromatic heterocycles. The number of likely N-dealkylation sites (N-methyl/N-ethyl adjacent to an activating group) is 1. The highest BCUT2D eigenvalue weighted by molar-refractivity contribution is 7.18. The first kappa shape index (κ1) is 21.4. The third kappa shape index (κ3) is 4.02. The van der Waals surface area contributed by atoms with Crippen LogP contribution in [0, 0.1) is 0 Å². The molecular formula is C24H30N6OS. The second-order valence-electron chi connectivity index (χ2n) is 8.82. The van der Waals surface area contributed by atoms with Gasteiger partial charge in [-0.1, -0.05) is 41.7 Å². The van der Waals surface area contributed by atoms with Crippen LogP contribution in [0.4, 0.5) is 0 Å². The normalized spacial score (nSPS) is 24.7. The predicted octanol–water partition coefficient (Wildman–Crippen LogP) is 3.54. The molecule has 2 N–H and O–H groups in total. The van der Waals surface area contributed by atoms with Gasteiger partial charge in [0.1, 0.15) is 27.4 Å². The van der Waals surface area contributed by atoms with E-state index in [0.717, 1.165) is 65.3 Å². The summed E-state index contributed by atoms with van der Waals surface area (Å²) in [6.07, 6.45) is 6.65. The third-order valence-corrected chi connectivity index (χ3v) is 7.92. The maximum atomic E-state index is 13.5. The second-order valence-corrected chi connectivity index (χ2v) is 9.83. The molecule has 168 valence electrons. The first-order valence-electron chi connectivity index (χ1n) is 11.6. The SMILES string of the molecule is CNC(C)C1CCCC(C(=O)N2CCCC2c2nc3c(-c4ccccc4)ncnc3s2)N1. The summed E-state index contributed by atoms with van der Waals surface area (Å²) in [6, 6.07) is 10.7. The molecule has 2 aliphatic heterocycles. The number of thiazole rings is 1. The van der Waals surface area contributed by atoms with Gasteiger partial charge in [-0.05, 0) is 46.1 Å². The summed E-state index contributed by atoms with van der Waals surface area (Å²) in [4.78, 5) is 30.4. The van der Waals surface area contributed by atoms with E-state index < -0.39 is 0 Å². The summed E-state index contributed by atoms with van der Waals surface area (Å²) in [6.45, 7) is 2.97. The van der Waals surface area contributed by atoms with Crippen molar-refractivity contribution in [3.8, 4) is 11.3 Å². The first-order chi connectivity index (χ1) is 15.7. The van der Waals surface area contributed by atoms with Gasteiger partial charge in [-0.15, -0.1) is 0 Å². The number of piperidine rings is 1. The predicted molar refractivity (Wildman–Crippen MR) is 127 cm³/mol. The fourth-order valence-corrected chi connectivity index (χ4v) is 6.02. The lowest BCUT2D eigenvalue weighted by molar-refractivity contribution is -0.135. The maximum absolute atomic E-state index is 13.5. The largest absolute Gasteiger partial charge is 0.332 e. The summed E-state index contributed by atoms with van der Waals surface area (Å²) in [7, 11) is 1.98. The van der Waals surface area contributed by atoms with Gasteiger partial charge in [0.2, 0.25) is 5.91 Å². The highest BCUT2D eigenvalue weighted by atomic mass is 32.1. The molecule has 1 aromatic carbocycles. The fourth-order valence-electron chi connectivity index (χ4n) is 4.96. The molecule has 2 saturated heterocycles. The molecule has 2 aliphatic rings. The Bertz CT molecular complexity index is 1090. The average molecular weight is 451 g/mol. The molecule has 8 heteroatoms. The van der Waals surface area contributed by atoms with Crippen LogP contribution in [0.15, 0.2) is 36.7 Å². The van der Waals surface area contributed by atoms with Crippen molar-refractivity contribution in [3.05, 3.63) is 41.7 Å². The Hall–Kier alpha value is -2.42. The molecule has 32 heavy (non-hydrogen) atoms. The number of carbonyl (C=O) groups excluding carboxylic acids is 1. The summed E-state index contributed by atoms with van der Waals surface area (Å²) in [5, 5.41) is 7.91. The number of hydrogen-bond donors (Lipinski definition) is 2. The number of carbonyl (C=O) groups is 1. The smallest absolute Gasteiger partial charge is 0.240 e.